The summed E-state index contributed by atoms with van der Waals surface area (Å²) in [5, 5.41) is 0. The lowest BCUT2D eigenvalue weighted by Crippen LogP contribution is -2.58. The van der Waals surface area contributed by atoms with E-state index in [9.17, 15) is 9.59 Å². The number of nitrogens with zero attached hydrogens (tertiary/aromatic N) is 2. The van der Waals surface area contributed by atoms with Crippen LogP contribution in [0.5, 0.6) is 0 Å². The van der Waals surface area contributed by atoms with Gasteiger partial charge in [0.05, 0.1) is 6.61 Å². The molecule has 1 atom stereocenters. The van der Waals surface area contributed by atoms with Crippen LogP contribution >= 0.6 is 12.4 Å². The first-order valence-corrected chi connectivity index (χ1v) is 8.10. The Bertz CT molecular complexity index is 561. The van der Waals surface area contributed by atoms with Crippen molar-refractivity contribution in [3.63, 3.8) is 0 Å². The summed E-state index contributed by atoms with van der Waals surface area (Å²) in [5.41, 5.74) is 6.91. The van der Waals surface area contributed by atoms with E-state index in [1.807, 2.05) is 35.2 Å². The van der Waals surface area contributed by atoms with E-state index in [4.69, 9.17) is 10.5 Å². The van der Waals surface area contributed by atoms with Gasteiger partial charge in [-0.2, -0.15) is 0 Å². The molecule has 2 aliphatic heterocycles. The number of amides is 2. The standard InChI is InChI=1S/C17H23N3O3.ClH/c18-14-6-8-19(9-7-14)17(22)15-11-23-12-16(21)20(15)10-13-4-2-1-3-5-13;/h1-5,14-15H,6-12,18H2;1H/t15-;/m1./s1. The van der Waals surface area contributed by atoms with Gasteiger partial charge in [0.25, 0.3) is 0 Å². The lowest BCUT2D eigenvalue weighted by Gasteiger charge is -2.39. The van der Waals surface area contributed by atoms with Crippen LogP contribution in [0.4, 0.5) is 0 Å². The molecule has 0 bridgehead atoms. The first-order chi connectivity index (χ1) is 11.1. The summed E-state index contributed by atoms with van der Waals surface area (Å²) in [4.78, 5) is 28.5. The summed E-state index contributed by atoms with van der Waals surface area (Å²) in [6.45, 7) is 2.06. The van der Waals surface area contributed by atoms with E-state index in [0.29, 0.717) is 19.6 Å². The molecule has 2 fully saturated rings. The van der Waals surface area contributed by atoms with Gasteiger partial charge in [0.2, 0.25) is 11.8 Å². The third-order valence-electron chi connectivity index (χ3n) is 4.53. The minimum atomic E-state index is -0.536. The molecule has 0 aromatic heterocycles. The van der Waals surface area contributed by atoms with Gasteiger partial charge in [-0.1, -0.05) is 30.3 Å². The third kappa shape index (κ3) is 4.26. The molecule has 0 spiro atoms. The van der Waals surface area contributed by atoms with Gasteiger partial charge in [0, 0.05) is 25.7 Å². The highest BCUT2D eigenvalue weighted by molar-refractivity contribution is 5.89. The molecule has 2 amide bonds. The largest absolute Gasteiger partial charge is 0.369 e. The monoisotopic (exact) mass is 353 g/mol. The van der Waals surface area contributed by atoms with Crippen molar-refractivity contribution in [2.24, 2.45) is 5.73 Å². The zero-order valence-electron chi connectivity index (χ0n) is 13.6. The molecule has 3 rings (SSSR count). The molecule has 24 heavy (non-hydrogen) atoms. The molecule has 2 N–H and O–H groups in total. The van der Waals surface area contributed by atoms with Gasteiger partial charge in [-0.25, -0.2) is 0 Å². The van der Waals surface area contributed by atoms with E-state index in [1.54, 1.807) is 4.90 Å². The molecule has 2 saturated heterocycles. The average Bonchev–Trinajstić information content (AvgIpc) is 2.58. The van der Waals surface area contributed by atoms with Crippen LogP contribution in [0.25, 0.3) is 0 Å². The Hall–Kier alpha value is -1.63. The second-order valence-electron chi connectivity index (χ2n) is 6.20. The molecule has 7 heteroatoms. The van der Waals surface area contributed by atoms with E-state index in [2.05, 4.69) is 0 Å². The van der Waals surface area contributed by atoms with Gasteiger partial charge >= 0.3 is 0 Å². The SMILES string of the molecule is Cl.NC1CCN(C(=O)[C@H]2COCC(=O)N2Cc2ccccc2)CC1. The maximum Gasteiger partial charge on any atom is 0.249 e. The van der Waals surface area contributed by atoms with E-state index >= 15 is 0 Å². The van der Waals surface area contributed by atoms with Gasteiger partial charge in [-0.15, -0.1) is 12.4 Å². The van der Waals surface area contributed by atoms with Gasteiger partial charge in [-0.05, 0) is 18.4 Å². The molecule has 2 heterocycles. The fourth-order valence-electron chi connectivity index (χ4n) is 3.12. The number of benzene rings is 1. The number of hydrogen-bond donors (Lipinski definition) is 1. The van der Waals surface area contributed by atoms with Crippen LogP contribution in [0, 0.1) is 0 Å². The Morgan fingerprint density at radius 3 is 2.54 bits per heavy atom. The lowest BCUT2D eigenvalue weighted by molar-refractivity contribution is -0.160. The molecule has 1 aromatic rings. The van der Waals surface area contributed by atoms with Crippen molar-refractivity contribution < 1.29 is 14.3 Å². The van der Waals surface area contributed by atoms with Crippen LogP contribution in [-0.4, -0.2) is 60.0 Å². The number of ether oxygens (including phenoxy) is 1. The Morgan fingerprint density at radius 1 is 1.21 bits per heavy atom. The number of carbonyl (C=O) groups is 2. The Kier molecular flexibility index (Phi) is 6.60. The van der Waals surface area contributed by atoms with E-state index < -0.39 is 6.04 Å². The number of piperidine rings is 1. The van der Waals surface area contributed by atoms with Crippen LogP contribution in [0.2, 0.25) is 0 Å². The predicted octanol–water partition coefficient (Wildman–Crippen LogP) is 0.786. The van der Waals surface area contributed by atoms with Crippen molar-refractivity contribution in [2.75, 3.05) is 26.3 Å². The molecule has 0 aliphatic carbocycles. The van der Waals surface area contributed by atoms with Gasteiger partial charge in [0.1, 0.15) is 12.6 Å². The number of nitrogens with two attached hydrogens (primary N) is 1. The molecule has 132 valence electrons. The summed E-state index contributed by atoms with van der Waals surface area (Å²) in [6, 6.07) is 9.36. The summed E-state index contributed by atoms with van der Waals surface area (Å²) >= 11 is 0. The minimum Gasteiger partial charge on any atom is -0.369 e. The summed E-state index contributed by atoms with van der Waals surface area (Å²) in [6.07, 6.45) is 1.62. The highest BCUT2D eigenvalue weighted by atomic mass is 35.5. The van der Waals surface area contributed by atoms with Crippen LogP contribution in [0.1, 0.15) is 18.4 Å². The zero-order chi connectivity index (χ0) is 16.2. The van der Waals surface area contributed by atoms with Crippen LogP contribution in [0.15, 0.2) is 30.3 Å². The molecule has 0 saturated carbocycles. The van der Waals surface area contributed by atoms with Crippen molar-refractivity contribution in [1.29, 1.82) is 0 Å². The quantitative estimate of drug-likeness (QED) is 0.871. The van der Waals surface area contributed by atoms with E-state index in [0.717, 1.165) is 18.4 Å². The number of hydrogen-bond acceptors (Lipinski definition) is 4. The van der Waals surface area contributed by atoms with Crippen molar-refractivity contribution >= 4 is 24.2 Å². The Balaban J connectivity index is 0.00000208. The van der Waals surface area contributed by atoms with Gasteiger partial charge in [-0.3, -0.25) is 9.59 Å². The molecule has 0 unspecified atom stereocenters. The van der Waals surface area contributed by atoms with Gasteiger partial charge < -0.3 is 20.3 Å². The maximum atomic E-state index is 12.8. The number of morpholine rings is 1. The zero-order valence-corrected chi connectivity index (χ0v) is 14.4. The Morgan fingerprint density at radius 2 is 1.88 bits per heavy atom. The average molecular weight is 354 g/mol. The van der Waals surface area contributed by atoms with E-state index in [-0.39, 0.29) is 43.5 Å². The van der Waals surface area contributed by atoms with Crippen LogP contribution in [0.3, 0.4) is 0 Å². The molecule has 2 aliphatic rings. The number of rotatable bonds is 3. The maximum absolute atomic E-state index is 12.8. The second-order valence-corrected chi connectivity index (χ2v) is 6.20. The van der Waals surface area contributed by atoms with Crippen molar-refractivity contribution in [2.45, 2.75) is 31.5 Å². The molecule has 0 radical (unpaired) electrons. The second kappa shape index (κ2) is 8.46. The smallest absolute Gasteiger partial charge is 0.249 e. The minimum absolute atomic E-state index is 0. The van der Waals surface area contributed by atoms with Crippen molar-refractivity contribution in [3.8, 4) is 0 Å². The topological polar surface area (TPSA) is 75.9 Å². The van der Waals surface area contributed by atoms with Crippen molar-refractivity contribution in [1.82, 2.24) is 9.80 Å². The molecular weight excluding hydrogens is 330 g/mol. The predicted molar refractivity (Wildman–Crippen MR) is 92.6 cm³/mol. The lowest BCUT2D eigenvalue weighted by atomic mass is 10.0. The summed E-state index contributed by atoms with van der Waals surface area (Å²) < 4.78 is 5.33. The molecule has 6 nitrogen and oxygen atoms in total. The highest BCUT2D eigenvalue weighted by Gasteiger charge is 2.37. The molecular formula is C17H24ClN3O3. The molecule has 1 aromatic carbocycles. The normalized spacial score (nSPS) is 22.2. The number of likely N-dealkylation sites (tertiary alicyclic amines) is 1. The van der Waals surface area contributed by atoms with Crippen LogP contribution in [-0.2, 0) is 20.9 Å². The van der Waals surface area contributed by atoms with E-state index in [1.165, 1.54) is 0 Å². The fourth-order valence-corrected chi connectivity index (χ4v) is 3.12. The van der Waals surface area contributed by atoms with Gasteiger partial charge in [0.15, 0.2) is 0 Å². The highest BCUT2D eigenvalue weighted by Crippen LogP contribution is 2.18. The summed E-state index contributed by atoms with van der Waals surface area (Å²) in [5.74, 6) is -0.159. The fraction of sp³-hybridized carbons (Fsp3) is 0.529. The van der Waals surface area contributed by atoms with Crippen molar-refractivity contribution in [3.05, 3.63) is 35.9 Å². The third-order valence-corrected chi connectivity index (χ3v) is 4.53. The van der Waals surface area contributed by atoms with Crippen LogP contribution < -0.4 is 5.73 Å². The first kappa shape index (κ1) is 18.7. The summed E-state index contributed by atoms with van der Waals surface area (Å²) in [7, 11) is 0. The first-order valence-electron chi connectivity index (χ1n) is 8.10. The number of halogens is 1. The number of carbonyl (C=O) groups excluding carboxylic acids is 2. The Labute approximate surface area is 148 Å².